The van der Waals surface area contributed by atoms with Gasteiger partial charge in [-0.05, 0) is 79.8 Å². The van der Waals surface area contributed by atoms with Gasteiger partial charge in [-0.1, -0.05) is 86.7 Å². The van der Waals surface area contributed by atoms with E-state index >= 15 is 0 Å². The molecule has 25 heteroatoms. The Morgan fingerprint density at radius 1 is 0.750 bits per heavy atom. The van der Waals surface area contributed by atoms with Crippen molar-refractivity contribution < 1.29 is 63.3 Å². The predicted molar refractivity (Wildman–Crippen MR) is 329 cm³/mol. The fourth-order valence-corrected chi connectivity index (χ4v) is 10.6. The Bertz CT molecular complexity index is 3110. The highest BCUT2D eigenvalue weighted by Gasteiger charge is 2.43. The van der Waals surface area contributed by atoms with Gasteiger partial charge >= 0.3 is 6.03 Å². The van der Waals surface area contributed by atoms with Gasteiger partial charge in [0, 0.05) is 101 Å². The second kappa shape index (κ2) is 34.4. The summed E-state index contributed by atoms with van der Waals surface area (Å²) in [6.07, 6.45) is 2.49. The number of nitrogens with one attached hydrogen (secondary N) is 7. The second-order valence-corrected chi connectivity index (χ2v) is 22.8. The third-order valence-corrected chi connectivity index (χ3v) is 15.3. The Morgan fingerprint density at radius 3 is 2.06 bits per heavy atom. The summed E-state index contributed by atoms with van der Waals surface area (Å²) in [6, 6.07) is 14.7. The molecule has 1 saturated heterocycles. The van der Waals surface area contributed by atoms with Crippen LogP contribution in [0, 0.1) is 23.7 Å². The van der Waals surface area contributed by atoms with Crippen LogP contribution in [0.4, 0.5) is 4.79 Å². The average Bonchev–Trinajstić information content (AvgIpc) is 2.28. The Hall–Kier alpha value is -8.97. The van der Waals surface area contributed by atoms with Gasteiger partial charge < -0.3 is 74.3 Å². The predicted octanol–water partition coefficient (Wildman–Crippen LogP) is 1.39. The second-order valence-electron chi connectivity index (χ2n) is 22.8. The number of hydrogen-bond acceptors (Lipinski definition) is 14. The maximum absolute atomic E-state index is 14.3. The number of nitrogens with two attached hydrogens (primary N) is 3. The van der Waals surface area contributed by atoms with E-state index in [1.165, 1.54) is 33.0 Å². The lowest BCUT2D eigenvalue weighted by Crippen LogP contribution is -2.57. The molecule has 4 aromatic rings. The molecule has 0 saturated carbocycles. The van der Waals surface area contributed by atoms with Crippen molar-refractivity contribution >= 4 is 75.7 Å². The van der Waals surface area contributed by atoms with Crippen molar-refractivity contribution in [2.75, 3.05) is 26.7 Å². The number of rotatable bonds is 35. The van der Waals surface area contributed by atoms with Crippen LogP contribution in [0.2, 0.25) is 0 Å². The minimum atomic E-state index is -1.59. The maximum Gasteiger partial charge on any atom is 0.312 e. The third kappa shape index (κ3) is 22.1. The molecule has 8 amide bonds. The van der Waals surface area contributed by atoms with Gasteiger partial charge in [0.15, 0.2) is 17.5 Å². The van der Waals surface area contributed by atoms with Crippen LogP contribution in [0.15, 0.2) is 102 Å². The van der Waals surface area contributed by atoms with E-state index in [0.29, 0.717) is 30.5 Å². The molecule has 3 aromatic carbocycles. The molecule has 476 valence electrons. The van der Waals surface area contributed by atoms with Gasteiger partial charge in [-0.2, -0.15) is 0 Å². The van der Waals surface area contributed by atoms with Gasteiger partial charge in [-0.15, -0.1) is 0 Å². The fraction of sp³-hybridized carbons (Fsp3) is 0.476. The number of aliphatic hydroxyl groups excluding tert-OH is 2. The number of H-pyrrole nitrogens is 1. The number of primary amides is 2. The minimum absolute atomic E-state index is 0.0146. The Morgan fingerprint density at radius 2 is 1.41 bits per heavy atom. The molecule has 0 radical (unpaired) electrons. The van der Waals surface area contributed by atoms with E-state index in [1.54, 1.807) is 60.8 Å². The van der Waals surface area contributed by atoms with Crippen LogP contribution < -0.4 is 49.1 Å². The quantitative estimate of drug-likeness (QED) is 0.0134. The highest BCUT2D eigenvalue weighted by atomic mass is 16.3. The fourth-order valence-electron chi connectivity index (χ4n) is 10.6. The Balaban J connectivity index is 1.29. The minimum Gasteiger partial charge on any atom is -0.508 e. The van der Waals surface area contributed by atoms with E-state index in [0.717, 1.165) is 21.4 Å². The number of fused-ring (bicyclic) bond motifs is 1. The van der Waals surface area contributed by atoms with Gasteiger partial charge in [0.1, 0.15) is 35.7 Å². The number of Topliss-reactive ketones (excluding diaryl/α,β-unsaturated/α-hetero) is 3. The SMILES string of the molecule is CN=C(N)NCCC[C@H](CC(=O)[C@@H](/C=C/CCC(=O)[C@H](Cc1ccccc1)NC(=O)[C@@H](CC(=O)[C@H](CNC(N)=O)NC(=O)[C@@H]1C[C@@H](O)CN1C(=O)[C@@H](Cc1ccc(O)cc1)NC(C)=O)[C@@H](C)O)CC(C)C)C(=O)N[C@@H](Cc1c[nH]c2ccccc12)C(N)=O. The smallest absolute Gasteiger partial charge is 0.312 e. The number of urea groups is 1. The first-order chi connectivity index (χ1) is 41.8. The zero-order valence-electron chi connectivity index (χ0n) is 50.5. The topological polar surface area (TPSA) is 413 Å². The molecule has 0 bridgehead atoms. The molecule has 25 nitrogen and oxygen atoms in total. The van der Waals surface area contributed by atoms with Gasteiger partial charge in [-0.25, -0.2) is 4.79 Å². The summed E-state index contributed by atoms with van der Waals surface area (Å²) < 4.78 is 0. The number of aromatic amines is 1. The van der Waals surface area contributed by atoms with Crippen molar-refractivity contribution in [2.24, 2.45) is 45.9 Å². The van der Waals surface area contributed by atoms with E-state index < -0.39 is 126 Å². The summed E-state index contributed by atoms with van der Waals surface area (Å²) in [5.74, 6) is -8.69. The molecule has 88 heavy (non-hydrogen) atoms. The van der Waals surface area contributed by atoms with Crippen LogP contribution in [-0.4, -0.2) is 159 Å². The standard InChI is InChI=1S/C63H86N12O13/c1-36(2)26-41(55(81)30-42(17-13-25-68-62(65)67-5)58(84)73-50(57(64)83)29-43-33-69-48-19-11-10-18-46(43)48)16-9-12-20-54(80)49(27-39-14-7-6-8-15-39)72-59(85)47(37(3)76)32-56(82)52(34-70-63(66)88)74-60(86)53-31-45(79)35-75(53)61(87)51(71-38(4)77)28-40-21-23-44(78)24-22-40/h6-11,14-16,18-19,21-24,33,36-37,41-42,45,47,49-53,69,76,78-79H,12-13,17,20,25-32,34-35H2,1-5H3,(H2,64,83)(H,71,77)(H,72,85)(H,73,84)(H,74,86)(H3,65,67,68)(H3,66,70,88)/b16-9+/t37-,41+,42-,45-,47+,49+,50+,51-,52+,53+/m1/s1. The molecular weight excluding hydrogens is 1130 g/mol. The number of benzene rings is 3. The summed E-state index contributed by atoms with van der Waals surface area (Å²) in [4.78, 5) is 144. The van der Waals surface area contributed by atoms with E-state index in [-0.39, 0.29) is 81.3 Å². The van der Waals surface area contributed by atoms with Crippen molar-refractivity contribution in [2.45, 2.75) is 141 Å². The molecule has 0 aliphatic carbocycles. The molecular formula is C63H86N12O13. The number of phenols is 1. The van der Waals surface area contributed by atoms with Crippen LogP contribution in [-0.2, 0) is 62.4 Å². The van der Waals surface area contributed by atoms with E-state index in [9.17, 15) is 63.3 Å². The summed E-state index contributed by atoms with van der Waals surface area (Å²) in [5, 5.41) is 48.3. The number of hydrogen-bond donors (Lipinski definition) is 13. The largest absolute Gasteiger partial charge is 0.508 e. The number of guanidine groups is 1. The molecule has 1 fully saturated rings. The number of para-hydroxylation sites is 1. The number of β-amino-alcohol motifs (C(OH)–C–C–N with tert-alkyl or cyclic N) is 1. The molecule has 2 heterocycles. The lowest BCUT2D eigenvalue weighted by Gasteiger charge is -2.30. The van der Waals surface area contributed by atoms with E-state index in [2.05, 4.69) is 41.9 Å². The number of aliphatic hydroxyl groups is 2. The molecule has 10 atom stereocenters. The number of nitrogens with zero attached hydrogens (tertiary/aromatic N) is 2. The van der Waals surface area contributed by atoms with Crippen LogP contribution >= 0.6 is 0 Å². The van der Waals surface area contributed by atoms with Crippen molar-refractivity contribution in [1.82, 2.24) is 41.8 Å². The summed E-state index contributed by atoms with van der Waals surface area (Å²) in [5.41, 5.74) is 19.9. The highest BCUT2D eigenvalue weighted by molar-refractivity contribution is 5.98. The average molecular weight is 1220 g/mol. The number of amides is 8. The van der Waals surface area contributed by atoms with Crippen molar-refractivity contribution in [3.8, 4) is 5.75 Å². The first-order valence-corrected chi connectivity index (χ1v) is 29.6. The lowest BCUT2D eigenvalue weighted by atomic mass is 9.85. The normalized spacial score (nSPS) is 17.0. The van der Waals surface area contributed by atoms with E-state index in [1.807, 2.05) is 38.1 Å². The number of carbonyl (C=O) groups is 10. The van der Waals surface area contributed by atoms with Crippen LogP contribution in [0.1, 0.15) is 95.8 Å². The maximum atomic E-state index is 14.3. The summed E-state index contributed by atoms with van der Waals surface area (Å²) in [7, 11) is 1.53. The Labute approximate surface area is 511 Å². The molecule has 0 spiro atoms. The van der Waals surface area contributed by atoms with Crippen molar-refractivity contribution in [1.29, 1.82) is 0 Å². The van der Waals surface area contributed by atoms with E-state index in [4.69, 9.17) is 17.2 Å². The molecule has 16 N–H and O–H groups in total. The molecule has 0 unspecified atom stereocenters. The van der Waals surface area contributed by atoms with Crippen molar-refractivity contribution in [3.05, 3.63) is 114 Å². The number of aliphatic imine (C=N–C) groups is 1. The van der Waals surface area contributed by atoms with Crippen LogP contribution in [0.3, 0.4) is 0 Å². The molecule has 1 aliphatic heterocycles. The molecule has 1 aliphatic rings. The number of allylic oxidation sites excluding steroid dienone is 2. The molecule has 5 rings (SSSR count). The van der Waals surface area contributed by atoms with Gasteiger partial charge in [0.25, 0.3) is 0 Å². The third-order valence-electron chi connectivity index (χ3n) is 15.3. The zero-order valence-corrected chi connectivity index (χ0v) is 50.5. The lowest BCUT2D eigenvalue weighted by molar-refractivity contribution is -0.142. The summed E-state index contributed by atoms with van der Waals surface area (Å²) in [6.45, 7) is 5.83. The van der Waals surface area contributed by atoms with Crippen LogP contribution in [0.25, 0.3) is 10.9 Å². The first-order valence-electron chi connectivity index (χ1n) is 29.6. The Kier molecular flexibility index (Phi) is 27.3. The number of likely N-dealkylation sites (tertiary alicyclic amines) is 1. The monoisotopic (exact) mass is 1220 g/mol. The highest BCUT2D eigenvalue weighted by Crippen LogP contribution is 2.25. The van der Waals surface area contributed by atoms with Crippen LogP contribution in [0.5, 0.6) is 5.75 Å². The number of carbonyl (C=O) groups excluding carboxylic acids is 10. The number of aromatic nitrogens is 1. The first kappa shape index (κ1) is 69.8. The van der Waals surface area contributed by atoms with Gasteiger partial charge in [-0.3, -0.25) is 48.1 Å². The van der Waals surface area contributed by atoms with Crippen molar-refractivity contribution in [3.63, 3.8) is 0 Å². The number of aromatic hydroxyl groups is 1. The van der Waals surface area contributed by atoms with Gasteiger partial charge in [0.05, 0.1) is 24.2 Å². The summed E-state index contributed by atoms with van der Waals surface area (Å²) >= 11 is 0. The molecule has 1 aromatic heterocycles. The zero-order chi connectivity index (χ0) is 64.6. The van der Waals surface area contributed by atoms with Gasteiger partial charge in [0.2, 0.25) is 35.4 Å². The number of phenolic OH excluding ortho intramolecular Hbond substituents is 1. The number of ketones is 3.